The molecule has 4 atom stereocenters. The number of carbonyl (C=O) groups is 2. The lowest BCUT2D eigenvalue weighted by molar-refractivity contribution is -0.0291. The molecule has 10 nitrogen and oxygen atoms in total. The predicted molar refractivity (Wildman–Crippen MR) is 181 cm³/mol. The van der Waals surface area contributed by atoms with Crippen LogP contribution < -0.4 is 16.0 Å². The highest BCUT2D eigenvalue weighted by Gasteiger charge is 2.47. The first-order valence-electron chi connectivity index (χ1n) is 15.4. The molecule has 10 heteroatoms. The summed E-state index contributed by atoms with van der Waals surface area (Å²) < 4.78 is 0. The summed E-state index contributed by atoms with van der Waals surface area (Å²) in [6, 6.07) is 31.0. The summed E-state index contributed by atoms with van der Waals surface area (Å²) >= 11 is 0. The van der Waals surface area contributed by atoms with Gasteiger partial charge in [0.1, 0.15) is 12.2 Å². The van der Waals surface area contributed by atoms with Crippen LogP contribution in [0.25, 0.3) is 0 Å². The number of nitrogen functional groups attached to an aromatic ring is 1. The van der Waals surface area contributed by atoms with E-state index in [1.807, 2.05) is 66.7 Å². The molecule has 4 aromatic carbocycles. The van der Waals surface area contributed by atoms with Crippen molar-refractivity contribution >= 4 is 29.1 Å². The fourth-order valence-electron chi connectivity index (χ4n) is 6.09. The van der Waals surface area contributed by atoms with E-state index in [0.29, 0.717) is 41.2 Å². The smallest absolute Gasteiger partial charge is 0.325 e. The van der Waals surface area contributed by atoms with Gasteiger partial charge in [-0.3, -0.25) is 14.7 Å². The van der Waals surface area contributed by atoms with Gasteiger partial charge in [-0.2, -0.15) is 0 Å². The molecule has 0 spiro atoms. The van der Waals surface area contributed by atoms with E-state index >= 15 is 0 Å². The van der Waals surface area contributed by atoms with Gasteiger partial charge in [-0.1, -0.05) is 78.9 Å². The Balaban J connectivity index is 1.41. The average molecular weight is 629 g/mol. The molecule has 3 amide bonds. The average Bonchev–Trinajstić information content (AvgIpc) is 3.16. The molecule has 0 aliphatic carbocycles. The van der Waals surface area contributed by atoms with Crippen molar-refractivity contribution in [2.45, 2.75) is 43.7 Å². The van der Waals surface area contributed by atoms with Crippen molar-refractivity contribution in [2.24, 2.45) is 0 Å². The van der Waals surface area contributed by atoms with Gasteiger partial charge in [0.15, 0.2) is 5.82 Å². The number of anilines is 3. The van der Waals surface area contributed by atoms with Gasteiger partial charge in [0, 0.05) is 35.9 Å². The van der Waals surface area contributed by atoms with Gasteiger partial charge in [-0.25, -0.2) is 9.78 Å². The minimum atomic E-state index is -1.30. The second-order valence-corrected chi connectivity index (χ2v) is 11.6. The largest absolute Gasteiger partial charge is 0.399 e. The van der Waals surface area contributed by atoms with E-state index < -0.39 is 30.3 Å². The van der Waals surface area contributed by atoms with Gasteiger partial charge >= 0.3 is 6.03 Å². The lowest BCUT2D eigenvalue weighted by atomic mass is 9.90. The van der Waals surface area contributed by atoms with E-state index in [1.54, 1.807) is 52.3 Å². The van der Waals surface area contributed by atoms with Gasteiger partial charge in [0.05, 0.1) is 18.3 Å². The van der Waals surface area contributed by atoms with E-state index in [2.05, 4.69) is 15.3 Å². The Kier molecular flexibility index (Phi) is 9.51. The Morgan fingerprint density at radius 1 is 0.766 bits per heavy atom. The number of benzene rings is 4. The summed E-state index contributed by atoms with van der Waals surface area (Å²) in [6.07, 6.45) is 2.44. The van der Waals surface area contributed by atoms with Gasteiger partial charge in [0.25, 0.3) is 5.91 Å². The molecule has 2 heterocycles. The monoisotopic (exact) mass is 628 g/mol. The number of aromatic nitrogens is 2. The Hall–Kier alpha value is -5.58. The highest BCUT2D eigenvalue weighted by molar-refractivity contribution is 6.03. The summed E-state index contributed by atoms with van der Waals surface area (Å²) in [4.78, 5) is 39.3. The Morgan fingerprint density at radius 2 is 1.40 bits per heavy atom. The molecule has 1 aliphatic heterocycles. The molecule has 0 bridgehead atoms. The lowest BCUT2D eigenvalue weighted by Crippen LogP contribution is -2.51. The topological polar surface area (TPSA) is 145 Å². The third-order valence-corrected chi connectivity index (χ3v) is 8.39. The maximum Gasteiger partial charge on any atom is 0.325 e. The number of amides is 3. The molecule has 238 valence electrons. The number of hydrogen-bond donors (Lipinski definition) is 4. The summed E-state index contributed by atoms with van der Waals surface area (Å²) in [6.45, 7) is 0.0588. The minimum Gasteiger partial charge on any atom is -0.399 e. The number of hydrogen-bond acceptors (Lipinski definition) is 7. The molecular weight excluding hydrogens is 592 g/mol. The molecule has 0 unspecified atom stereocenters. The normalized spacial score (nSPS) is 19.7. The quantitative estimate of drug-likeness (QED) is 0.173. The number of carbonyl (C=O) groups excluding carboxylic acids is 2. The lowest BCUT2D eigenvalue weighted by Gasteiger charge is -2.36. The van der Waals surface area contributed by atoms with Crippen LogP contribution in [0.3, 0.4) is 0 Å². The van der Waals surface area contributed by atoms with E-state index in [-0.39, 0.29) is 12.5 Å². The molecule has 5 aromatic rings. The Bertz CT molecular complexity index is 1810. The molecule has 1 fully saturated rings. The van der Waals surface area contributed by atoms with Crippen LogP contribution in [0.1, 0.15) is 27.0 Å². The molecule has 0 radical (unpaired) electrons. The van der Waals surface area contributed by atoms with Crippen molar-refractivity contribution in [2.75, 3.05) is 16.0 Å². The van der Waals surface area contributed by atoms with Crippen molar-refractivity contribution in [1.29, 1.82) is 0 Å². The number of nitrogens with two attached hydrogens (primary N) is 1. The molecule has 6 rings (SSSR count). The van der Waals surface area contributed by atoms with Gasteiger partial charge in [-0.05, 0) is 59.9 Å². The van der Waals surface area contributed by atoms with Crippen LogP contribution >= 0.6 is 0 Å². The first kappa shape index (κ1) is 31.4. The zero-order valence-corrected chi connectivity index (χ0v) is 25.6. The van der Waals surface area contributed by atoms with Gasteiger partial charge in [0.2, 0.25) is 0 Å². The number of rotatable bonds is 9. The zero-order chi connectivity index (χ0) is 32.8. The standard InChI is InChI=1S/C37H36N6O4/c38-29-15-8-16-30(22-29)43-32(21-26-11-5-2-6-12-26)35(45)34(44)31(20-25-9-3-1-4-10-25)42(37(43)47)24-27-13-7-14-28(19-27)36(46)41-33-23-39-17-18-40-33/h1-19,22-23,31-32,34-35,44-45H,20-21,24,38H2,(H,40,41,46)/t31-,32-,34+,35+/m1/s1. The number of urea groups is 1. The minimum absolute atomic E-state index is 0.0588. The summed E-state index contributed by atoms with van der Waals surface area (Å²) in [5.41, 5.74) is 9.99. The maximum atomic E-state index is 14.9. The molecule has 1 aromatic heterocycles. The van der Waals surface area contributed by atoms with Crippen LogP contribution in [-0.2, 0) is 19.4 Å². The van der Waals surface area contributed by atoms with Crippen LogP contribution in [0.4, 0.5) is 22.0 Å². The highest BCUT2D eigenvalue weighted by atomic mass is 16.3. The molecule has 1 saturated heterocycles. The molecule has 1 aliphatic rings. The zero-order valence-electron chi connectivity index (χ0n) is 25.6. The van der Waals surface area contributed by atoms with Crippen molar-refractivity contribution < 1.29 is 19.8 Å². The number of nitrogens with zero attached hydrogens (tertiary/aromatic N) is 4. The Morgan fingerprint density at radius 3 is 2.06 bits per heavy atom. The van der Waals surface area contributed by atoms with Crippen LogP contribution in [0.5, 0.6) is 0 Å². The fraction of sp³-hybridized carbons (Fsp3) is 0.189. The Labute approximate surface area is 273 Å². The summed E-state index contributed by atoms with van der Waals surface area (Å²) in [7, 11) is 0. The van der Waals surface area contributed by atoms with Crippen molar-refractivity contribution in [3.8, 4) is 0 Å². The van der Waals surface area contributed by atoms with Gasteiger partial charge in [-0.15, -0.1) is 0 Å². The second kappa shape index (κ2) is 14.2. The first-order chi connectivity index (χ1) is 22.9. The molecule has 47 heavy (non-hydrogen) atoms. The molecule has 5 N–H and O–H groups in total. The summed E-state index contributed by atoms with van der Waals surface area (Å²) in [5, 5.41) is 26.6. The number of aliphatic hydroxyl groups is 2. The second-order valence-electron chi connectivity index (χ2n) is 11.6. The van der Waals surface area contributed by atoms with Crippen molar-refractivity contribution in [3.05, 3.63) is 150 Å². The van der Waals surface area contributed by atoms with Crippen molar-refractivity contribution in [3.63, 3.8) is 0 Å². The molecule has 0 saturated carbocycles. The highest BCUT2D eigenvalue weighted by Crippen LogP contribution is 2.33. The predicted octanol–water partition coefficient (Wildman–Crippen LogP) is 4.70. The molecular formula is C37H36N6O4. The number of nitrogens with one attached hydrogen (secondary N) is 1. The van der Waals surface area contributed by atoms with E-state index in [1.165, 1.54) is 18.6 Å². The maximum absolute atomic E-state index is 14.9. The van der Waals surface area contributed by atoms with Crippen LogP contribution in [0.2, 0.25) is 0 Å². The van der Waals surface area contributed by atoms with E-state index in [4.69, 9.17) is 5.73 Å². The van der Waals surface area contributed by atoms with Crippen LogP contribution in [0, 0.1) is 0 Å². The van der Waals surface area contributed by atoms with Crippen LogP contribution in [-0.4, -0.2) is 61.3 Å². The number of aliphatic hydroxyl groups excluding tert-OH is 2. The van der Waals surface area contributed by atoms with E-state index in [0.717, 1.165) is 11.1 Å². The van der Waals surface area contributed by atoms with Crippen molar-refractivity contribution in [1.82, 2.24) is 14.9 Å². The van der Waals surface area contributed by atoms with E-state index in [9.17, 15) is 19.8 Å². The van der Waals surface area contributed by atoms with Crippen LogP contribution in [0.15, 0.2) is 128 Å². The summed E-state index contributed by atoms with van der Waals surface area (Å²) in [5.74, 6) is -0.0667. The third-order valence-electron chi connectivity index (χ3n) is 8.39. The third kappa shape index (κ3) is 7.30. The van der Waals surface area contributed by atoms with Gasteiger partial charge < -0.3 is 26.2 Å². The SMILES string of the molecule is Nc1cccc(N2C(=O)N(Cc3cccc(C(=O)Nc4cnccn4)c3)[C@H](Cc3ccccc3)[C@H](O)[C@@H](O)[C@H]2Cc2ccccc2)c1. The first-order valence-corrected chi connectivity index (χ1v) is 15.4. The fourth-order valence-corrected chi connectivity index (χ4v) is 6.09.